The minimum atomic E-state index is -4.76. The van der Waals surface area contributed by atoms with Gasteiger partial charge in [-0.3, -0.25) is 0 Å². The van der Waals surface area contributed by atoms with Crippen molar-refractivity contribution in [1.82, 2.24) is 4.98 Å². The van der Waals surface area contributed by atoms with E-state index < -0.39 is 18.1 Å². The van der Waals surface area contributed by atoms with Crippen molar-refractivity contribution in [1.29, 1.82) is 0 Å². The van der Waals surface area contributed by atoms with Crippen LogP contribution in [-0.4, -0.2) is 11.3 Å². The predicted octanol–water partition coefficient (Wildman–Crippen LogP) is 2.12. The Morgan fingerprint density at radius 1 is 1.25 bits per heavy atom. The predicted molar refractivity (Wildman–Crippen MR) is 30.9 cm³/mol. The summed E-state index contributed by atoms with van der Waals surface area (Å²) in [7, 11) is 0. The largest absolute Gasteiger partial charge is 0.573 e. The van der Waals surface area contributed by atoms with Gasteiger partial charge in [0.1, 0.15) is 5.75 Å². The Labute approximate surface area is 64.8 Å². The standard InChI is InChI=1S/C6H3F4NO/c7-5-2-1-4(3-11-5)12-6(8,9)10/h1-3H. The summed E-state index contributed by atoms with van der Waals surface area (Å²) in [6.07, 6.45) is -4.11. The first kappa shape index (κ1) is 8.76. The van der Waals surface area contributed by atoms with Crippen LogP contribution < -0.4 is 4.74 Å². The van der Waals surface area contributed by atoms with Gasteiger partial charge in [-0.25, -0.2) is 4.98 Å². The third-order valence-corrected chi connectivity index (χ3v) is 0.934. The normalized spacial score (nSPS) is 11.3. The maximum atomic E-state index is 12.1. The molecule has 0 fully saturated rings. The summed E-state index contributed by atoms with van der Waals surface area (Å²) in [6.45, 7) is 0. The number of halogens is 4. The maximum Gasteiger partial charge on any atom is 0.573 e. The SMILES string of the molecule is Fc1ccc(OC(F)(F)F)cn1. The molecule has 0 unspecified atom stereocenters. The van der Waals surface area contributed by atoms with Gasteiger partial charge in [0.2, 0.25) is 5.95 Å². The highest BCUT2D eigenvalue weighted by molar-refractivity contribution is 5.16. The molecule has 0 aromatic carbocycles. The third kappa shape index (κ3) is 2.73. The topological polar surface area (TPSA) is 22.1 Å². The van der Waals surface area contributed by atoms with E-state index in [0.29, 0.717) is 6.20 Å². The Balaban J connectivity index is 2.71. The van der Waals surface area contributed by atoms with Crippen molar-refractivity contribution in [3.05, 3.63) is 24.3 Å². The highest BCUT2D eigenvalue weighted by atomic mass is 19.4. The second-order valence-electron chi connectivity index (χ2n) is 1.86. The number of hydrogen-bond donors (Lipinski definition) is 0. The third-order valence-electron chi connectivity index (χ3n) is 0.934. The van der Waals surface area contributed by atoms with Crippen molar-refractivity contribution < 1.29 is 22.3 Å². The lowest BCUT2D eigenvalue weighted by Crippen LogP contribution is -2.17. The first-order chi connectivity index (χ1) is 5.47. The van der Waals surface area contributed by atoms with Crippen LogP contribution in [0.3, 0.4) is 0 Å². The zero-order valence-electron chi connectivity index (χ0n) is 5.60. The number of nitrogens with zero attached hydrogens (tertiary/aromatic N) is 1. The van der Waals surface area contributed by atoms with Gasteiger partial charge in [-0.15, -0.1) is 13.2 Å². The number of hydrogen-bond acceptors (Lipinski definition) is 2. The lowest BCUT2D eigenvalue weighted by Gasteiger charge is -2.07. The molecule has 1 aromatic heterocycles. The van der Waals surface area contributed by atoms with Crippen molar-refractivity contribution in [2.45, 2.75) is 6.36 Å². The Kier molecular flexibility index (Phi) is 2.16. The number of ether oxygens (including phenoxy) is 1. The molecule has 0 aliphatic heterocycles. The van der Waals surface area contributed by atoms with Crippen LogP contribution in [0.15, 0.2) is 18.3 Å². The lowest BCUT2D eigenvalue weighted by atomic mass is 10.5. The average molecular weight is 181 g/mol. The van der Waals surface area contributed by atoms with Gasteiger partial charge >= 0.3 is 6.36 Å². The molecule has 0 aliphatic carbocycles. The molecule has 2 nitrogen and oxygen atoms in total. The molecule has 0 spiro atoms. The fourth-order valence-electron chi connectivity index (χ4n) is 0.556. The van der Waals surface area contributed by atoms with Crippen LogP contribution in [0.4, 0.5) is 17.6 Å². The first-order valence-electron chi connectivity index (χ1n) is 2.85. The zero-order chi connectivity index (χ0) is 9.19. The number of pyridine rings is 1. The monoisotopic (exact) mass is 181 g/mol. The Hall–Kier alpha value is -1.33. The van der Waals surface area contributed by atoms with Crippen molar-refractivity contribution in [2.24, 2.45) is 0 Å². The Bertz CT molecular complexity index is 255. The quantitative estimate of drug-likeness (QED) is 0.489. The van der Waals surface area contributed by atoms with Gasteiger partial charge in [0.25, 0.3) is 0 Å². The van der Waals surface area contributed by atoms with Crippen molar-refractivity contribution in [3.8, 4) is 5.75 Å². The van der Waals surface area contributed by atoms with Crippen molar-refractivity contribution in [3.63, 3.8) is 0 Å². The van der Waals surface area contributed by atoms with E-state index >= 15 is 0 Å². The van der Waals surface area contributed by atoms with Crippen LogP contribution in [0, 0.1) is 5.95 Å². The van der Waals surface area contributed by atoms with Gasteiger partial charge in [0, 0.05) is 0 Å². The van der Waals surface area contributed by atoms with E-state index in [0.717, 1.165) is 12.1 Å². The summed E-state index contributed by atoms with van der Waals surface area (Å²) >= 11 is 0. The van der Waals surface area contributed by atoms with E-state index in [2.05, 4.69) is 9.72 Å². The smallest absolute Gasteiger partial charge is 0.404 e. The molecule has 1 rings (SSSR count). The van der Waals surface area contributed by atoms with Crippen LogP contribution in [-0.2, 0) is 0 Å². The van der Waals surface area contributed by atoms with Gasteiger partial charge in [-0.2, -0.15) is 4.39 Å². The number of alkyl halides is 3. The Morgan fingerprint density at radius 2 is 1.92 bits per heavy atom. The fraction of sp³-hybridized carbons (Fsp3) is 0.167. The molecule has 0 saturated carbocycles. The van der Waals surface area contributed by atoms with Crippen LogP contribution in [0.5, 0.6) is 5.75 Å². The summed E-state index contributed by atoms with van der Waals surface area (Å²) < 4.78 is 50.0. The van der Waals surface area contributed by atoms with E-state index in [1.165, 1.54) is 0 Å². The highest BCUT2D eigenvalue weighted by Crippen LogP contribution is 2.21. The maximum absolute atomic E-state index is 12.1. The Morgan fingerprint density at radius 3 is 2.33 bits per heavy atom. The molecule has 0 saturated heterocycles. The average Bonchev–Trinajstić information content (AvgIpc) is 1.91. The summed E-state index contributed by atoms with van der Waals surface area (Å²) in [5.74, 6) is -1.39. The molecule has 6 heteroatoms. The van der Waals surface area contributed by atoms with Gasteiger partial charge in [-0.05, 0) is 12.1 Å². The molecule has 0 bridgehead atoms. The molecule has 0 aliphatic rings. The van der Waals surface area contributed by atoms with Crippen LogP contribution >= 0.6 is 0 Å². The summed E-state index contributed by atoms with van der Waals surface area (Å²) in [6, 6.07) is 1.62. The van der Waals surface area contributed by atoms with E-state index in [1.54, 1.807) is 0 Å². The fourth-order valence-corrected chi connectivity index (χ4v) is 0.556. The van der Waals surface area contributed by atoms with Crippen LogP contribution in [0.2, 0.25) is 0 Å². The summed E-state index contributed by atoms with van der Waals surface area (Å²) in [4.78, 5) is 2.97. The van der Waals surface area contributed by atoms with Gasteiger partial charge < -0.3 is 4.74 Å². The molecule has 66 valence electrons. The first-order valence-corrected chi connectivity index (χ1v) is 2.85. The van der Waals surface area contributed by atoms with Gasteiger partial charge in [0.15, 0.2) is 0 Å². The molecule has 0 atom stereocenters. The summed E-state index contributed by atoms with van der Waals surface area (Å²) in [5, 5.41) is 0. The highest BCUT2D eigenvalue weighted by Gasteiger charge is 2.31. The molecular formula is C6H3F4NO. The van der Waals surface area contributed by atoms with Crippen LogP contribution in [0.25, 0.3) is 0 Å². The van der Waals surface area contributed by atoms with Crippen LogP contribution in [0.1, 0.15) is 0 Å². The number of rotatable bonds is 1. The minimum absolute atomic E-state index is 0.538. The molecule has 1 aromatic rings. The lowest BCUT2D eigenvalue weighted by molar-refractivity contribution is -0.274. The van der Waals surface area contributed by atoms with E-state index in [4.69, 9.17) is 0 Å². The molecule has 0 N–H and O–H groups in total. The second-order valence-corrected chi connectivity index (χ2v) is 1.86. The van der Waals surface area contributed by atoms with E-state index in [-0.39, 0.29) is 0 Å². The number of aromatic nitrogens is 1. The van der Waals surface area contributed by atoms with E-state index in [9.17, 15) is 17.6 Å². The van der Waals surface area contributed by atoms with Crippen molar-refractivity contribution >= 4 is 0 Å². The molecule has 1 heterocycles. The van der Waals surface area contributed by atoms with E-state index in [1.807, 2.05) is 0 Å². The molecule has 12 heavy (non-hydrogen) atoms. The minimum Gasteiger partial charge on any atom is -0.404 e. The molecule has 0 amide bonds. The zero-order valence-corrected chi connectivity index (χ0v) is 5.60. The van der Waals surface area contributed by atoms with Gasteiger partial charge in [-0.1, -0.05) is 0 Å². The second kappa shape index (κ2) is 2.96. The summed E-state index contributed by atoms with van der Waals surface area (Å²) in [5.41, 5.74) is 0. The molecular weight excluding hydrogens is 178 g/mol. The molecule has 0 radical (unpaired) electrons. The van der Waals surface area contributed by atoms with Crippen molar-refractivity contribution in [2.75, 3.05) is 0 Å². The van der Waals surface area contributed by atoms with Gasteiger partial charge in [0.05, 0.1) is 6.20 Å².